The van der Waals surface area contributed by atoms with Crippen LogP contribution in [0.3, 0.4) is 0 Å². The van der Waals surface area contributed by atoms with E-state index < -0.39 is 17.9 Å². The van der Waals surface area contributed by atoms with Gasteiger partial charge in [0.05, 0.1) is 5.02 Å². The molecule has 1 amide bonds. The second kappa shape index (κ2) is 5.91. The molecule has 2 N–H and O–H groups in total. The highest BCUT2D eigenvalue weighted by Gasteiger charge is 2.26. The first kappa shape index (κ1) is 14.6. The third-order valence-corrected chi connectivity index (χ3v) is 3.18. The van der Waals surface area contributed by atoms with Crippen LogP contribution in [0.2, 0.25) is 5.02 Å². The normalized spacial score (nSPS) is 14.0. The van der Waals surface area contributed by atoms with Crippen LogP contribution in [0, 0.1) is 5.92 Å². The van der Waals surface area contributed by atoms with E-state index in [1.54, 1.807) is 24.7 Å². The molecule has 6 heteroatoms. The van der Waals surface area contributed by atoms with Crippen molar-refractivity contribution in [2.75, 3.05) is 0 Å². The number of halogens is 1. The summed E-state index contributed by atoms with van der Waals surface area (Å²) in [5.41, 5.74) is 0.342. The fourth-order valence-corrected chi connectivity index (χ4v) is 1.90. The van der Waals surface area contributed by atoms with Gasteiger partial charge in [-0.2, -0.15) is 0 Å². The fraction of sp³-hybridized carbons (Fsp3) is 0.500. The van der Waals surface area contributed by atoms with Crippen molar-refractivity contribution < 1.29 is 14.7 Å². The molecule has 100 valence electrons. The number of nitrogens with one attached hydrogen (secondary N) is 1. The predicted octanol–water partition coefficient (Wildman–Crippen LogP) is 1.91. The molecule has 0 spiro atoms. The van der Waals surface area contributed by atoms with E-state index in [1.807, 2.05) is 6.92 Å². The zero-order chi connectivity index (χ0) is 13.9. The van der Waals surface area contributed by atoms with E-state index in [4.69, 9.17) is 16.7 Å². The van der Waals surface area contributed by atoms with Crippen LogP contribution in [-0.2, 0) is 11.8 Å². The topological polar surface area (TPSA) is 71.3 Å². The number of aliphatic carboxylic acids is 1. The molecule has 5 nitrogen and oxygen atoms in total. The molecule has 1 rings (SSSR count). The Kier molecular flexibility index (Phi) is 4.78. The van der Waals surface area contributed by atoms with Crippen LogP contribution >= 0.6 is 11.6 Å². The highest BCUT2D eigenvalue weighted by Crippen LogP contribution is 2.14. The molecule has 1 unspecified atom stereocenters. The number of rotatable bonds is 5. The Balaban J connectivity index is 2.85. The molecule has 1 aromatic rings. The van der Waals surface area contributed by atoms with E-state index >= 15 is 0 Å². The Morgan fingerprint density at radius 3 is 2.56 bits per heavy atom. The number of aryl methyl sites for hydroxylation is 1. The number of hydrogen-bond donors (Lipinski definition) is 2. The molecule has 18 heavy (non-hydrogen) atoms. The number of hydrogen-bond acceptors (Lipinski definition) is 2. The van der Waals surface area contributed by atoms with Crippen molar-refractivity contribution >= 4 is 23.5 Å². The fourth-order valence-electron chi connectivity index (χ4n) is 1.65. The number of nitrogens with zero attached hydrogens (tertiary/aromatic N) is 1. The summed E-state index contributed by atoms with van der Waals surface area (Å²) >= 11 is 5.78. The molecule has 0 fully saturated rings. The van der Waals surface area contributed by atoms with Gasteiger partial charge in [-0.15, -0.1) is 0 Å². The lowest BCUT2D eigenvalue weighted by atomic mass is 9.99. The molecular weight excluding hydrogens is 256 g/mol. The molecule has 0 saturated heterocycles. The summed E-state index contributed by atoms with van der Waals surface area (Å²) in [7, 11) is 1.68. The number of carbonyl (C=O) groups excluding carboxylic acids is 1. The Labute approximate surface area is 111 Å². The van der Waals surface area contributed by atoms with Crippen LogP contribution in [0.1, 0.15) is 30.8 Å². The van der Waals surface area contributed by atoms with Gasteiger partial charge in [0.25, 0.3) is 5.91 Å². The molecule has 0 saturated carbocycles. The lowest BCUT2D eigenvalue weighted by molar-refractivity contribution is -0.140. The molecule has 0 radical (unpaired) electrons. The van der Waals surface area contributed by atoms with Gasteiger partial charge in [0.2, 0.25) is 0 Å². The molecule has 0 aliphatic heterocycles. The Bertz CT molecular complexity index is 456. The summed E-state index contributed by atoms with van der Waals surface area (Å²) in [5.74, 6) is -1.60. The van der Waals surface area contributed by atoms with Crippen LogP contribution in [0.4, 0.5) is 0 Å². The van der Waals surface area contributed by atoms with Crippen molar-refractivity contribution in [3.8, 4) is 0 Å². The first-order valence-electron chi connectivity index (χ1n) is 5.72. The maximum atomic E-state index is 12.0. The standard InChI is InChI=1S/C12H17ClN2O3/c1-4-7(2)10(12(17)18)14-11(16)9-5-8(13)6-15(9)3/h5-7,10H,4H2,1-3H3,(H,14,16)(H,17,18)/t7?,10-/m0/s1. The minimum absolute atomic E-state index is 0.137. The van der Waals surface area contributed by atoms with Crippen LogP contribution in [0.5, 0.6) is 0 Å². The highest BCUT2D eigenvalue weighted by molar-refractivity contribution is 6.31. The second-order valence-corrected chi connectivity index (χ2v) is 4.77. The Hall–Kier alpha value is -1.49. The summed E-state index contributed by atoms with van der Waals surface area (Å²) in [6.45, 7) is 3.67. The first-order valence-corrected chi connectivity index (χ1v) is 6.10. The van der Waals surface area contributed by atoms with Crippen molar-refractivity contribution in [2.24, 2.45) is 13.0 Å². The number of carbonyl (C=O) groups is 2. The average molecular weight is 273 g/mol. The van der Waals surface area contributed by atoms with Gasteiger partial charge < -0.3 is 15.0 Å². The lowest BCUT2D eigenvalue weighted by Gasteiger charge is -2.20. The van der Waals surface area contributed by atoms with Gasteiger partial charge >= 0.3 is 5.97 Å². The monoisotopic (exact) mass is 272 g/mol. The molecule has 0 aromatic carbocycles. The summed E-state index contributed by atoms with van der Waals surface area (Å²) in [5, 5.41) is 12.1. The van der Waals surface area contributed by atoms with Gasteiger partial charge in [-0.1, -0.05) is 31.9 Å². The molecule has 1 aromatic heterocycles. The van der Waals surface area contributed by atoms with E-state index in [0.717, 1.165) is 0 Å². The van der Waals surface area contributed by atoms with Crippen molar-refractivity contribution in [2.45, 2.75) is 26.3 Å². The van der Waals surface area contributed by atoms with Crippen LogP contribution in [0.25, 0.3) is 0 Å². The van der Waals surface area contributed by atoms with Crippen molar-refractivity contribution in [1.82, 2.24) is 9.88 Å². The zero-order valence-corrected chi connectivity index (χ0v) is 11.4. The minimum atomic E-state index is -1.03. The van der Waals surface area contributed by atoms with Crippen LogP contribution in [-0.4, -0.2) is 27.6 Å². The number of carboxylic acid groups (broad SMARTS) is 1. The van der Waals surface area contributed by atoms with Gasteiger partial charge in [0.15, 0.2) is 0 Å². The summed E-state index contributed by atoms with van der Waals surface area (Å²) in [6, 6.07) is 0.614. The first-order chi connectivity index (χ1) is 8.36. The van der Waals surface area contributed by atoms with Crippen LogP contribution in [0.15, 0.2) is 12.3 Å². The van der Waals surface area contributed by atoms with Gasteiger partial charge in [0, 0.05) is 13.2 Å². The van der Waals surface area contributed by atoms with Gasteiger partial charge in [0.1, 0.15) is 11.7 Å². The van der Waals surface area contributed by atoms with Crippen molar-refractivity contribution in [3.63, 3.8) is 0 Å². The summed E-state index contributed by atoms with van der Waals surface area (Å²) in [6.07, 6.45) is 2.26. The third-order valence-electron chi connectivity index (χ3n) is 2.97. The maximum Gasteiger partial charge on any atom is 0.326 e. The lowest BCUT2D eigenvalue weighted by Crippen LogP contribution is -2.45. The average Bonchev–Trinajstić information content (AvgIpc) is 2.63. The summed E-state index contributed by atoms with van der Waals surface area (Å²) in [4.78, 5) is 23.1. The molecule has 0 bridgehead atoms. The maximum absolute atomic E-state index is 12.0. The van der Waals surface area contributed by atoms with Gasteiger partial charge in [-0.05, 0) is 12.0 Å². The van der Waals surface area contributed by atoms with Crippen molar-refractivity contribution in [3.05, 3.63) is 23.0 Å². The Morgan fingerprint density at radius 1 is 1.56 bits per heavy atom. The van der Waals surface area contributed by atoms with E-state index in [0.29, 0.717) is 17.1 Å². The van der Waals surface area contributed by atoms with Gasteiger partial charge in [-0.25, -0.2) is 4.79 Å². The van der Waals surface area contributed by atoms with Crippen molar-refractivity contribution in [1.29, 1.82) is 0 Å². The zero-order valence-electron chi connectivity index (χ0n) is 10.6. The molecule has 1 heterocycles. The number of carboxylic acids is 1. The molecule has 2 atom stereocenters. The van der Waals surface area contributed by atoms with E-state index in [-0.39, 0.29) is 5.92 Å². The second-order valence-electron chi connectivity index (χ2n) is 4.33. The Morgan fingerprint density at radius 2 is 2.17 bits per heavy atom. The van der Waals surface area contributed by atoms with E-state index in [2.05, 4.69) is 5.32 Å². The molecule has 0 aliphatic rings. The quantitative estimate of drug-likeness (QED) is 0.860. The highest BCUT2D eigenvalue weighted by atomic mass is 35.5. The smallest absolute Gasteiger partial charge is 0.326 e. The van der Waals surface area contributed by atoms with Crippen LogP contribution < -0.4 is 5.32 Å². The van der Waals surface area contributed by atoms with E-state index in [1.165, 1.54) is 6.07 Å². The largest absolute Gasteiger partial charge is 0.480 e. The van der Waals surface area contributed by atoms with E-state index in [9.17, 15) is 9.59 Å². The SMILES string of the molecule is CCC(C)[C@H](NC(=O)c1cc(Cl)cn1C)C(=O)O. The number of amides is 1. The van der Waals surface area contributed by atoms with Gasteiger partial charge in [-0.3, -0.25) is 4.79 Å². The predicted molar refractivity (Wildman–Crippen MR) is 68.8 cm³/mol. The number of aromatic nitrogens is 1. The third kappa shape index (κ3) is 3.26. The minimum Gasteiger partial charge on any atom is -0.480 e. The summed E-state index contributed by atoms with van der Waals surface area (Å²) < 4.78 is 1.56. The molecular formula is C12H17ClN2O3. The molecule has 0 aliphatic carbocycles.